The number of piperazine rings is 1. The maximum atomic E-state index is 14.9. The monoisotopic (exact) mass is 491 g/mol. The molecule has 0 spiro atoms. The molecule has 0 aromatic heterocycles. The summed E-state index contributed by atoms with van der Waals surface area (Å²) in [5, 5.41) is 2.99. The third-order valence-corrected chi connectivity index (χ3v) is 7.75. The molecule has 0 aliphatic carbocycles. The second-order valence-corrected chi connectivity index (χ2v) is 10.3. The lowest BCUT2D eigenvalue weighted by molar-refractivity contribution is 0.143. The number of carbonyl (C=O) groups is 1. The molecule has 9 nitrogen and oxygen atoms in total. The number of anilines is 2. The van der Waals surface area contributed by atoms with E-state index in [4.69, 9.17) is 17.0 Å². The molecule has 1 atom stereocenters. The summed E-state index contributed by atoms with van der Waals surface area (Å²) < 4.78 is 61.9. The van der Waals surface area contributed by atoms with E-state index in [1.807, 2.05) is 6.92 Å². The fraction of sp³-hybridized carbons (Fsp3) is 0.579. The molecule has 2 heterocycles. The molecule has 1 unspecified atom stereocenters. The minimum absolute atomic E-state index is 0.0585. The van der Waals surface area contributed by atoms with Gasteiger partial charge in [-0.05, 0) is 6.42 Å². The van der Waals surface area contributed by atoms with Crippen molar-refractivity contribution in [1.82, 2.24) is 13.9 Å². The number of carbonyl (C=O) groups excluding carboxylic acids is 1. The molecule has 2 aliphatic rings. The number of ether oxygens (including phenoxy) is 1. The van der Waals surface area contributed by atoms with Gasteiger partial charge in [0.25, 0.3) is 10.2 Å². The van der Waals surface area contributed by atoms with Gasteiger partial charge in [-0.1, -0.05) is 19.1 Å². The van der Waals surface area contributed by atoms with Gasteiger partial charge in [0.05, 0.1) is 23.8 Å². The van der Waals surface area contributed by atoms with E-state index in [0.29, 0.717) is 18.0 Å². The van der Waals surface area contributed by atoms with Crippen LogP contribution in [0.15, 0.2) is 12.1 Å². The number of hydrogen-bond acceptors (Lipinski definition) is 6. The number of nitrogens with zero attached hydrogens (tertiary/aromatic N) is 4. The number of halogens is 2. The number of benzene rings is 1. The van der Waals surface area contributed by atoms with Gasteiger partial charge in [-0.3, -0.25) is 4.90 Å². The Kier molecular flexibility index (Phi) is 7.53. The van der Waals surface area contributed by atoms with Crippen molar-refractivity contribution >= 4 is 44.9 Å². The molecule has 1 aromatic rings. The summed E-state index contributed by atoms with van der Waals surface area (Å²) in [6.45, 7) is 2.84. The van der Waals surface area contributed by atoms with Crippen molar-refractivity contribution in [2.45, 2.75) is 19.4 Å². The molecule has 0 saturated carbocycles. The lowest BCUT2D eigenvalue weighted by atomic mass is 10.2. The summed E-state index contributed by atoms with van der Waals surface area (Å²) in [5.41, 5.74) is -0.183. The van der Waals surface area contributed by atoms with Gasteiger partial charge in [-0.15, -0.1) is 0 Å². The lowest BCUT2D eigenvalue weighted by Crippen LogP contribution is -2.52. The molecule has 1 aromatic carbocycles. The van der Waals surface area contributed by atoms with Gasteiger partial charge in [0, 0.05) is 52.4 Å². The van der Waals surface area contributed by atoms with Crippen LogP contribution >= 0.6 is 12.2 Å². The lowest BCUT2D eigenvalue weighted by Gasteiger charge is -2.36. The molecule has 2 aliphatic heterocycles. The molecule has 2 fully saturated rings. The fourth-order valence-electron chi connectivity index (χ4n) is 3.57. The van der Waals surface area contributed by atoms with Crippen LogP contribution < -0.4 is 15.1 Å². The first-order valence-corrected chi connectivity index (χ1v) is 12.0. The average Bonchev–Trinajstić information content (AvgIpc) is 3.12. The highest BCUT2D eigenvalue weighted by Gasteiger charge is 2.35. The fourth-order valence-corrected chi connectivity index (χ4v) is 4.74. The predicted molar refractivity (Wildman–Crippen MR) is 121 cm³/mol. The van der Waals surface area contributed by atoms with Crippen molar-refractivity contribution in [2.75, 3.05) is 63.2 Å². The van der Waals surface area contributed by atoms with Crippen molar-refractivity contribution < 1.29 is 26.7 Å². The number of amides is 1. The van der Waals surface area contributed by atoms with E-state index in [1.54, 1.807) is 0 Å². The van der Waals surface area contributed by atoms with E-state index in [2.05, 4.69) is 5.32 Å². The Hall–Kier alpha value is -2.09. The molecule has 1 N–H and O–H groups in total. The van der Waals surface area contributed by atoms with Crippen LogP contribution in [0.25, 0.3) is 0 Å². The Balaban J connectivity index is 1.70. The first-order valence-electron chi connectivity index (χ1n) is 10.2. The number of rotatable bonds is 7. The highest BCUT2D eigenvalue weighted by Crippen LogP contribution is 2.31. The van der Waals surface area contributed by atoms with Gasteiger partial charge in [0.15, 0.2) is 11.6 Å². The summed E-state index contributed by atoms with van der Waals surface area (Å²) in [4.78, 5) is 15.5. The Bertz CT molecular complexity index is 961. The predicted octanol–water partition coefficient (Wildman–Crippen LogP) is 1.55. The molecule has 13 heteroatoms. The largest absolute Gasteiger partial charge is 0.442 e. The van der Waals surface area contributed by atoms with Gasteiger partial charge in [0.1, 0.15) is 11.8 Å². The second-order valence-electron chi connectivity index (χ2n) is 7.71. The van der Waals surface area contributed by atoms with Gasteiger partial charge in [0.2, 0.25) is 0 Å². The molecule has 178 valence electrons. The van der Waals surface area contributed by atoms with Crippen LogP contribution in [0.3, 0.4) is 0 Å². The van der Waals surface area contributed by atoms with Crippen LogP contribution in [-0.4, -0.2) is 87.6 Å². The first-order chi connectivity index (χ1) is 15.0. The van der Waals surface area contributed by atoms with Crippen molar-refractivity contribution in [1.29, 1.82) is 0 Å². The summed E-state index contributed by atoms with van der Waals surface area (Å²) in [5.74, 6) is -1.66. The summed E-state index contributed by atoms with van der Waals surface area (Å²) in [6, 6.07) is 2.18. The first kappa shape index (κ1) is 24.6. The average molecular weight is 492 g/mol. The van der Waals surface area contributed by atoms with Crippen LogP contribution in [0.1, 0.15) is 13.3 Å². The SMILES string of the molecule is CCC(=S)NCC1CN(c2cc(F)c(N3CCN(S(=O)(=O)N(C)C)CC3)c(F)c2)C(=O)O1. The van der Waals surface area contributed by atoms with E-state index in [-0.39, 0.29) is 44.1 Å². The van der Waals surface area contributed by atoms with Crippen molar-refractivity contribution in [3.05, 3.63) is 23.8 Å². The van der Waals surface area contributed by atoms with Crippen molar-refractivity contribution in [3.63, 3.8) is 0 Å². The topological polar surface area (TPSA) is 85.4 Å². The summed E-state index contributed by atoms with van der Waals surface area (Å²) >= 11 is 5.09. The van der Waals surface area contributed by atoms with E-state index < -0.39 is 34.0 Å². The number of thiocarbonyl (C=S) groups is 1. The third-order valence-electron chi connectivity index (χ3n) is 5.38. The van der Waals surface area contributed by atoms with Crippen LogP contribution in [0.5, 0.6) is 0 Å². The zero-order valence-corrected chi connectivity index (χ0v) is 19.8. The Morgan fingerprint density at radius 1 is 1.22 bits per heavy atom. The molecular formula is C19H27F2N5O4S2. The Morgan fingerprint density at radius 2 is 1.81 bits per heavy atom. The van der Waals surface area contributed by atoms with Crippen LogP contribution in [0.4, 0.5) is 25.0 Å². The normalized spacial score (nSPS) is 20.1. The van der Waals surface area contributed by atoms with Crippen LogP contribution in [0.2, 0.25) is 0 Å². The number of nitrogens with one attached hydrogen (secondary N) is 1. The molecule has 2 saturated heterocycles. The maximum Gasteiger partial charge on any atom is 0.414 e. The maximum absolute atomic E-state index is 14.9. The third kappa shape index (κ3) is 5.11. The molecule has 0 bridgehead atoms. The molecule has 0 radical (unpaired) electrons. The van der Waals surface area contributed by atoms with Crippen molar-refractivity contribution in [2.24, 2.45) is 0 Å². The van der Waals surface area contributed by atoms with Gasteiger partial charge < -0.3 is 15.0 Å². The minimum Gasteiger partial charge on any atom is -0.442 e. The Labute approximate surface area is 192 Å². The Morgan fingerprint density at radius 3 is 2.34 bits per heavy atom. The molecule has 32 heavy (non-hydrogen) atoms. The zero-order chi connectivity index (χ0) is 23.6. The quantitative estimate of drug-likeness (QED) is 0.580. The highest BCUT2D eigenvalue weighted by molar-refractivity contribution is 7.86. The highest BCUT2D eigenvalue weighted by atomic mass is 32.2. The minimum atomic E-state index is -3.59. The van der Waals surface area contributed by atoms with Gasteiger partial charge >= 0.3 is 6.09 Å². The van der Waals surface area contributed by atoms with Crippen LogP contribution in [-0.2, 0) is 14.9 Å². The van der Waals surface area contributed by atoms with Crippen LogP contribution in [0, 0.1) is 11.6 Å². The number of cyclic esters (lactones) is 1. The zero-order valence-electron chi connectivity index (χ0n) is 18.2. The van der Waals surface area contributed by atoms with E-state index in [0.717, 1.165) is 16.4 Å². The van der Waals surface area contributed by atoms with E-state index in [9.17, 15) is 22.0 Å². The standard InChI is InChI=1S/C19H27F2N5O4S2/c1-4-17(31)22-11-14-12-26(19(27)30-14)13-9-15(20)18(16(21)10-13)24-5-7-25(8-6-24)32(28,29)23(2)3/h9-10,14H,4-8,11-12H2,1-3H3,(H,22,31). The van der Waals surface area contributed by atoms with E-state index >= 15 is 0 Å². The molecule has 1 amide bonds. The second kappa shape index (κ2) is 9.81. The number of hydrogen-bond donors (Lipinski definition) is 1. The van der Waals surface area contributed by atoms with E-state index in [1.165, 1.54) is 28.2 Å². The summed E-state index contributed by atoms with van der Waals surface area (Å²) in [6.07, 6.45) is -0.523. The van der Waals surface area contributed by atoms with Crippen molar-refractivity contribution in [3.8, 4) is 0 Å². The smallest absolute Gasteiger partial charge is 0.414 e. The summed E-state index contributed by atoms with van der Waals surface area (Å²) in [7, 11) is -0.721. The van der Waals surface area contributed by atoms with Gasteiger partial charge in [-0.25, -0.2) is 13.6 Å². The van der Waals surface area contributed by atoms with Gasteiger partial charge in [-0.2, -0.15) is 17.0 Å². The molecular weight excluding hydrogens is 464 g/mol. The molecule has 3 rings (SSSR count).